The summed E-state index contributed by atoms with van der Waals surface area (Å²) >= 11 is 0. The van der Waals surface area contributed by atoms with Gasteiger partial charge in [0.25, 0.3) is 0 Å². The highest BCUT2D eigenvalue weighted by Gasteiger charge is 2.58. The van der Waals surface area contributed by atoms with Crippen LogP contribution in [0.1, 0.15) is 142 Å². The summed E-state index contributed by atoms with van der Waals surface area (Å²) in [5.41, 5.74) is 0. The molecule has 7 aliphatic rings. The molecule has 0 heteroatoms. The molecule has 36 heavy (non-hydrogen) atoms. The summed E-state index contributed by atoms with van der Waals surface area (Å²) in [6.45, 7) is 5.32. The van der Waals surface area contributed by atoms with Crippen molar-refractivity contribution in [3.05, 3.63) is 0 Å². The molecule has 0 heterocycles. The van der Waals surface area contributed by atoms with Gasteiger partial charge in [-0.15, -0.1) is 0 Å². The van der Waals surface area contributed by atoms with Crippen LogP contribution in [0.15, 0.2) is 0 Å². The monoisotopic (exact) mass is 492 g/mol. The van der Waals surface area contributed by atoms with E-state index in [0.717, 1.165) is 82.9 Å². The van der Waals surface area contributed by atoms with Crippen LogP contribution in [0.25, 0.3) is 0 Å². The molecule has 0 aromatic heterocycles. The smallest absolute Gasteiger partial charge is 0.0321 e. The van der Waals surface area contributed by atoms with Crippen molar-refractivity contribution in [2.75, 3.05) is 0 Å². The number of fused-ring (bicyclic) bond motifs is 4. The molecule has 0 N–H and O–H groups in total. The Labute approximate surface area is 224 Å². The van der Waals surface area contributed by atoms with Gasteiger partial charge >= 0.3 is 0 Å². The molecule has 0 spiro atoms. The lowest BCUT2D eigenvalue weighted by molar-refractivity contribution is -0.146. The first-order valence-corrected chi connectivity index (χ1v) is 17.7. The summed E-state index contributed by atoms with van der Waals surface area (Å²) in [5, 5.41) is 0. The van der Waals surface area contributed by atoms with E-state index >= 15 is 0 Å². The van der Waals surface area contributed by atoms with Gasteiger partial charge < -0.3 is 0 Å². The van der Waals surface area contributed by atoms with Crippen molar-refractivity contribution in [1.82, 2.24) is 0 Å². The highest BCUT2D eigenvalue weighted by Crippen LogP contribution is 2.65. The fourth-order valence-corrected chi connectivity index (χ4v) is 13.8. The van der Waals surface area contributed by atoms with Gasteiger partial charge in [-0.1, -0.05) is 78.1 Å². The first-order valence-electron chi connectivity index (χ1n) is 17.7. The molecular formula is C36H60. The maximum atomic E-state index is 2.66. The van der Waals surface area contributed by atoms with Crippen molar-refractivity contribution in [1.29, 1.82) is 0 Å². The lowest BCUT2D eigenvalue weighted by Gasteiger charge is -2.63. The van der Waals surface area contributed by atoms with Crippen LogP contribution in [-0.2, 0) is 0 Å². The molecule has 7 saturated carbocycles. The normalized spacial score (nSPS) is 55.5. The average molecular weight is 493 g/mol. The van der Waals surface area contributed by atoms with Crippen LogP contribution >= 0.6 is 0 Å². The minimum Gasteiger partial charge on any atom is -0.0625 e. The number of hydrogen-bond donors (Lipinski definition) is 0. The summed E-state index contributed by atoms with van der Waals surface area (Å²) < 4.78 is 0. The largest absolute Gasteiger partial charge is 0.0625 e. The van der Waals surface area contributed by atoms with E-state index in [1.807, 2.05) is 0 Å². The molecular weight excluding hydrogens is 432 g/mol. The first kappa shape index (κ1) is 25.0. The Morgan fingerprint density at radius 1 is 0.306 bits per heavy atom. The summed E-state index contributed by atoms with van der Waals surface area (Å²) in [6, 6.07) is 0. The second-order valence-corrected chi connectivity index (χ2v) is 16.3. The Kier molecular flexibility index (Phi) is 7.31. The van der Waals surface area contributed by atoms with Gasteiger partial charge in [-0.2, -0.15) is 0 Å². The zero-order valence-electron chi connectivity index (χ0n) is 24.2. The maximum Gasteiger partial charge on any atom is -0.0321 e. The third-order valence-electron chi connectivity index (χ3n) is 14.5. The van der Waals surface area contributed by atoms with Gasteiger partial charge in [-0.05, 0) is 147 Å². The summed E-state index contributed by atoms with van der Waals surface area (Å²) in [5.74, 6) is 15.5. The fraction of sp³-hybridized carbons (Fsp3) is 1.00. The van der Waals surface area contributed by atoms with Gasteiger partial charge in [0.2, 0.25) is 0 Å². The zero-order valence-corrected chi connectivity index (χ0v) is 24.2. The van der Waals surface area contributed by atoms with Gasteiger partial charge in [0.05, 0.1) is 0 Å². The molecule has 0 aromatic carbocycles. The third-order valence-corrected chi connectivity index (χ3v) is 14.5. The molecule has 7 rings (SSSR count). The van der Waals surface area contributed by atoms with Crippen LogP contribution in [0.2, 0.25) is 0 Å². The minimum absolute atomic E-state index is 1.01. The van der Waals surface area contributed by atoms with Crippen molar-refractivity contribution in [2.24, 2.45) is 82.9 Å². The summed E-state index contributed by atoms with van der Waals surface area (Å²) in [7, 11) is 0. The Bertz CT molecular complexity index is 652. The molecule has 0 saturated heterocycles. The van der Waals surface area contributed by atoms with E-state index in [1.165, 1.54) is 0 Å². The molecule has 7 aliphatic carbocycles. The van der Waals surface area contributed by atoms with Crippen molar-refractivity contribution in [3.8, 4) is 0 Å². The van der Waals surface area contributed by atoms with Crippen molar-refractivity contribution < 1.29 is 0 Å². The van der Waals surface area contributed by atoms with E-state index in [-0.39, 0.29) is 0 Å². The summed E-state index contributed by atoms with van der Waals surface area (Å²) in [6.07, 6.45) is 31.9. The van der Waals surface area contributed by atoms with Crippen LogP contribution in [0.5, 0.6) is 0 Å². The van der Waals surface area contributed by atoms with E-state index in [9.17, 15) is 0 Å². The van der Waals surface area contributed by atoms with E-state index in [2.05, 4.69) is 13.8 Å². The Morgan fingerprint density at radius 3 is 0.972 bits per heavy atom. The second-order valence-electron chi connectivity index (χ2n) is 16.3. The zero-order chi connectivity index (χ0) is 24.2. The quantitative estimate of drug-likeness (QED) is 0.359. The molecule has 7 fully saturated rings. The van der Waals surface area contributed by atoms with E-state index in [1.54, 1.807) is 128 Å². The third kappa shape index (κ3) is 4.37. The fourth-order valence-electron chi connectivity index (χ4n) is 13.8. The van der Waals surface area contributed by atoms with Crippen LogP contribution in [0, 0.1) is 82.9 Å². The molecule has 0 aliphatic heterocycles. The molecule has 204 valence electrons. The number of rotatable bonds is 2. The average Bonchev–Trinajstić information content (AvgIpc) is 2.91. The molecule has 0 nitrogen and oxygen atoms in total. The standard InChI is InChI=1S/C36H60/c1-23-19-25-11-3-5-13-27(25)33(21-23)35-29-15-7-9-17-31(29)36(32-18-10-8-16-30(32)35)34-22-24(2)20-26-12-4-6-14-28(26)34/h23-36H,3-22H2,1-2H3. The maximum absolute atomic E-state index is 2.66. The number of hydrogen-bond acceptors (Lipinski definition) is 0. The van der Waals surface area contributed by atoms with E-state index < -0.39 is 0 Å². The van der Waals surface area contributed by atoms with Gasteiger partial charge in [0.1, 0.15) is 0 Å². The van der Waals surface area contributed by atoms with Gasteiger partial charge in [0, 0.05) is 0 Å². The van der Waals surface area contributed by atoms with Crippen LogP contribution in [0.4, 0.5) is 0 Å². The lowest BCUT2D eigenvalue weighted by Crippen LogP contribution is -2.56. The first-order chi connectivity index (χ1) is 17.7. The van der Waals surface area contributed by atoms with Crippen molar-refractivity contribution in [3.63, 3.8) is 0 Å². The predicted molar refractivity (Wildman–Crippen MR) is 153 cm³/mol. The van der Waals surface area contributed by atoms with E-state index in [0.29, 0.717) is 0 Å². The second kappa shape index (κ2) is 10.5. The Balaban J connectivity index is 1.25. The Hall–Kier alpha value is 0. The molecule has 12 atom stereocenters. The van der Waals surface area contributed by atoms with Gasteiger partial charge in [-0.25, -0.2) is 0 Å². The molecule has 0 aromatic rings. The Morgan fingerprint density at radius 2 is 0.611 bits per heavy atom. The lowest BCUT2D eigenvalue weighted by atomic mass is 9.42. The minimum atomic E-state index is 1.01. The molecule has 12 unspecified atom stereocenters. The van der Waals surface area contributed by atoms with E-state index in [4.69, 9.17) is 0 Å². The predicted octanol–water partition coefficient (Wildman–Crippen LogP) is 10.6. The molecule has 0 amide bonds. The SMILES string of the molecule is CC1CC2CCCCC2C(C2C3CCCCC3C(C3CC(C)CC4CCCCC43)C3CCCCC32)C1. The molecule has 0 bridgehead atoms. The van der Waals surface area contributed by atoms with Crippen LogP contribution < -0.4 is 0 Å². The van der Waals surface area contributed by atoms with Crippen molar-refractivity contribution >= 4 is 0 Å². The van der Waals surface area contributed by atoms with Crippen molar-refractivity contribution in [2.45, 2.75) is 142 Å². The van der Waals surface area contributed by atoms with Gasteiger partial charge in [-0.3, -0.25) is 0 Å². The van der Waals surface area contributed by atoms with Crippen LogP contribution in [0.3, 0.4) is 0 Å². The highest BCUT2D eigenvalue weighted by atomic mass is 14.6. The molecule has 0 radical (unpaired) electrons. The van der Waals surface area contributed by atoms with Crippen LogP contribution in [-0.4, -0.2) is 0 Å². The van der Waals surface area contributed by atoms with Gasteiger partial charge in [0.15, 0.2) is 0 Å². The summed E-state index contributed by atoms with van der Waals surface area (Å²) in [4.78, 5) is 0. The highest BCUT2D eigenvalue weighted by molar-refractivity contribution is 5.07. The topological polar surface area (TPSA) is 0 Å².